The second kappa shape index (κ2) is 7.78. The molecular formula is C12H15N3O6. The summed E-state index contributed by atoms with van der Waals surface area (Å²) in [6.07, 6.45) is 0. The number of aromatic nitrogens is 2. The molecule has 0 fully saturated rings. The number of carbonyl (C=O) groups excluding carboxylic acids is 3. The van der Waals surface area contributed by atoms with Crippen molar-refractivity contribution < 1.29 is 23.9 Å². The van der Waals surface area contributed by atoms with E-state index in [0.717, 1.165) is 12.1 Å². The van der Waals surface area contributed by atoms with Crippen LogP contribution in [0.3, 0.4) is 0 Å². The summed E-state index contributed by atoms with van der Waals surface area (Å²) in [6.45, 7) is 3.21. The maximum absolute atomic E-state index is 11.9. The average Bonchev–Trinajstić information content (AvgIpc) is 2.45. The molecule has 21 heavy (non-hydrogen) atoms. The highest BCUT2D eigenvalue weighted by molar-refractivity contribution is 6.05. The number of nitrogens with zero attached hydrogens (tertiary/aromatic N) is 1. The molecule has 0 unspecified atom stereocenters. The number of carbonyl (C=O) groups is 3. The first-order valence-electron chi connectivity index (χ1n) is 6.19. The second-order valence-electron chi connectivity index (χ2n) is 3.72. The molecule has 0 aromatic carbocycles. The van der Waals surface area contributed by atoms with Crippen LogP contribution in [-0.4, -0.2) is 47.3 Å². The zero-order valence-corrected chi connectivity index (χ0v) is 11.5. The molecule has 0 aliphatic rings. The highest BCUT2D eigenvalue weighted by Crippen LogP contribution is 1.97. The Balaban J connectivity index is 2.86. The smallest absolute Gasteiger partial charge is 0.340 e. The topological polar surface area (TPSA) is 127 Å². The zero-order chi connectivity index (χ0) is 15.8. The monoisotopic (exact) mass is 297 g/mol. The molecule has 0 radical (unpaired) electrons. The molecule has 1 amide bonds. The number of ether oxygens (including phenoxy) is 2. The molecule has 1 rings (SSSR count). The predicted molar refractivity (Wildman–Crippen MR) is 69.4 cm³/mol. The lowest BCUT2D eigenvalue weighted by Gasteiger charge is -2.15. The minimum Gasteiger partial charge on any atom is -0.464 e. The van der Waals surface area contributed by atoms with E-state index < -0.39 is 29.4 Å². The lowest BCUT2D eigenvalue weighted by atomic mass is 10.2. The normalized spacial score (nSPS) is 10.0. The Hall–Kier alpha value is -2.71. The number of hydrogen-bond donors (Lipinski definition) is 2. The van der Waals surface area contributed by atoms with Crippen molar-refractivity contribution in [1.29, 1.82) is 0 Å². The molecule has 1 aromatic rings. The van der Waals surface area contributed by atoms with Crippen LogP contribution in [0.25, 0.3) is 0 Å². The first-order valence-corrected chi connectivity index (χ1v) is 6.19. The number of rotatable bonds is 6. The van der Waals surface area contributed by atoms with Crippen LogP contribution in [0.5, 0.6) is 0 Å². The van der Waals surface area contributed by atoms with Gasteiger partial charge in [-0.25, -0.2) is 14.7 Å². The standard InChI is InChI=1S/C12H15N3O6/c1-3-20-11(18)9(12(19)21-4-2)13-10(17)7-5-6-8(16)15-14-7/h5-6,9H,3-4H2,1-2H3,(H,13,17)(H,15,16). The van der Waals surface area contributed by atoms with Crippen molar-refractivity contribution in [2.75, 3.05) is 13.2 Å². The van der Waals surface area contributed by atoms with Gasteiger partial charge in [0.2, 0.25) is 6.04 Å². The molecule has 114 valence electrons. The van der Waals surface area contributed by atoms with Gasteiger partial charge >= 0.3 is 11.9 Å². The third kappa shape index (κ3) is 4.71. The minimum absolute atomic E-state index is 0.0432. The lowest BCUT2D eigenvalue weighted by Crippen LogP contribution is -2.48. The molecule has 9 nitrogen and oxygen atoms in total. The van der Waals surface area contributed by atoms with Gasteiger partial charge in [0.05, 0.1) is 13.2 Å². The van der Waals surface area contributed by atoms with Crippen LogP contribution in [0.4, 0.5) is 0 Å². The van der Waals surface area contributed by atoms with E-state index in [1.165, 1.54) is 0 Å². The summed E-state index contributed by atoms with van der Waals surface area (Å²) < 4.78 is 9.39. The number of H-pyrrole nitrogens is 1. The molecule has 0 spiro atoms. The molecule has 0 aliphatic carbocycles. The number of amides is 1. The van der Waals surface area contributed by atoms with E-state index in [-0.39, 0.29) is 18.9 Å². The van der Waals surface area contributed by atoms with Gasteiger partial charge in [0.15, 0.2) is 0 Å². The van der Waals surface area contributed by atoms with E-state index >= 15 is 0 Å². The molecule has 9 heteroatoms. The van der Waals surface area contributed by atoms with Gasteiger partial charge in [-0.05, 0) is 19.9 Å². The Morgan fingerprint density at radius 3 is 2.19 bits per heavy atom. The summed E-state index contributed by atoms with van der Waals surface area (Å²) in [4.78, 5) is 46.1. The largest absolute Gasteiger partial charge is 0.464 e. The van der Waals surface area contributed by atoms with E-state index in [1.807, 2.05) is 0 Å². The Morgan fingerprint density at radius 1 is 1.19 bits per heavy atom. The molecule has 0 saturated carbocycles. The third-order valence-corrected chi connectivity index (χ3v) is 2.23. The molecule has 2 N–H and O–H groups in total. The highest BCUT2D eigenvalue weighted by Gasteiger charge is 2.31. The minimum atomic E-state index is -1.59. The summed E-state index contributed by atoms with van der Waals surface area (Å²) in [5.41, 5.74) is -0.646. The predicted octanol–water partition coefficient (Wildman–Crippen LogP) is -1.01. The maximum atomic E-state index is 11.9. The van der Waals surface area contributed by atoms with Crippen molar-refractivity contribution in [3.8, 4) is 0 Å². The van der Waals surface area contributed by atoms with Crippen LogP contribution >= 0.6 is 0 Å². The molecule has 0 aliphatic heterocycles. The molecule has 0 bridgehead atoms. The van der Waals surface area contributed by atoms with Gasteiger partial charge in [-0.3, -0.25) is 9.59 Å². The second-order valence-corrected chi connectivity index (χ2v) is 3.72. The molecule has 1 heterocycles. The molecule has 0 atom stereocenters. The summed E-state index contributed by atoms with van der Waals surface area (Å²) in [5, 5.41) is 7.70. The van der Waals surface area contributed by atoms with Crippen molar-refractivity contribution in [3.05, 3.63) is 28.2 Å². The molecule has 1 aromatic heterocycles. The van der Waals surface area contributed by atoms with Crippen LogP contribution in [0, 0.1) is 0 Å². The van der Waals surface area contributed by atoms with E-state index in [4.69, 9.17) is 9.47 Å². The summed E-state index contributed by atoms with van der Waals surface area (Å²) in [6, 6.07) is 0.652. The zero-order valence-electron chi connectivity index (χ0n) is 11.5. The van der Waals surface area contributed by atoms with Crippen molar-refractivity contribution in [3.63, 3.8) is 0 Å². The lowest BCUT2D eigenvalue weighted by molar-refractivity contribution is -0.157. The quantitative estimate of drug-likeness (QED) is 0.509. The van der Waals surface area contributed by atoms with E-state index in [9.17, 15) is 19.2 Å². The van der Waals surface area contributed by atoms with Gasteiger partial charge in [0.1, 0.15) is 5.69 Å². The van der Waals surface area contributed by atoms with Crippen molar-refractivity contribution in [1.82, 2.24) is 15.5 Å². The highest BCUT2D eigenvalue weighted by atomic mass is 16.6. The summed E-state index contributed by atoms with van der Waals surface area (Å²) >= 11 is 0. The summed E-state index contributed by atoms with van der Waals surface area (Å²) in [5.74, 6) is -2.69. The SMILES string of the molecule is CCOC(=O)C(NC(=O)c1ccc(=O)[nH]n1)C(=O)OCC. The van der Waals surface area contributed by atoms with E-state index in [0.29, 0.717) is 0 Å². The van der Waals surface area contributed by atoms with Crippen LogP contribution in [-0.2, 0) is 19.1 Å². The van der Waals surface area contributed by atoms with Gasteiger partial charge < -0.3 is 14.8 Å². The fraction of sp³-hybridized carbons (Fsp3) is 0.417. The fourth-order valence-corrected chi connectivity index (χ4v) is 1.34. The van der Waals surface area contributed by atoms with Gasteiger partial charge in [-0.2, -0.15) is 5.10 Å². The Morgan fingerprint density at radius 2 is 1.76 bits per heavy atom. The van der Waals surface area contributed by atoms with Gasteiger partial charge in [0.25, 0.3) is 11.5 Å². The van der Waals surface area contributed by atoms with Crippen molar-refractivity contribution >= 4 is 17.8 Å². The first kappa shape index (κ1) is 16.3. The molecular weight excluding hydrogens is 282 g/mol. The van der Waals surface area contributed by atoms with Gasteiger partial charge in [-0.15, -0.1) is 0 Å². The van der Waals surface area contributed by atoms with E-state index in [1.54, 1.807) is 13.8 Å². The van der Waals surface area contributed by atoms with Crippen LogP contribution in [0.15, 0.2) is 16.9 Å². The van der Waals surface area contributed by atoms with Crippen LogP contribution in [0.1, 0.15) is 24.3 Å². The van der Waals surface area contributed by atoms with Gasteiger partial charge in [-0.1, -0.05) is 0 Å². The Bertz CT molecular complexity index is 544. The third-order valence-electron chi connectivity index (χ3n) is 2.23. The average molecular weight is 297 g/mol. The van der Waals surface area contributed by atoms with Crippen molar-refractivity contribution in [2.45, 2.75) is 19.9 Å². The Kier molecular flexibility index (Phi) is 6.05. The van der Waals surface area contributed by atoms with Crippen LogP contribution in [0.2, 0.25) is 0 Å². The number of aromatic amines is 1. The van der Waals surface area contributed by atoms with E-state index in [2.05, 4.69) is 15.5 Å². The first-order chi connectivity index (χ1) is 9.99. The number of nitrogens with one attached hydrogen (secondary N) is 2. The van der Waals surface area contributed by atoms with Crippen molar-refractivity contribution in [2.24, 2.45) is 0 Å². The van der Waals surface area contributed by atoms with Gasteiger partial charge in [0, 0.05) is 6.07 Å². The maximum Gasteiger partial charge on any atom is 0.340 e. The number of esters is 2. The molecule has 0 saturated heterocycles. The van der Waals surface area contributed by atoms with Crippen LogP contribution < -0.4 is 10.9 Å². The fourth-order valence-electron chi connectivity index (χ4n) is 1.34. The number of hydrogen-bond acceptors (Lipinski definition) is 7. The Labute approximate surface area is 119 Å². The summed E-state index contributed by atoms with van der Waals surface area (Å²) in [7, 11) is 0.